The second-order valence-corrected chi connectivity index (χ2v) is 6.28. The monoisotopic (exact) mass is 292 g/mol. The van der Waals surface area contributed by atoms with Crippen molar-refractivity contribution in [2.45, 2.75) is 46.1 Å². The molecule has 0 fully saturated rings. The molecule has 1 aromatic heterocycles. The maximum atomic E-state index is 12.2. The van der Waals surface area contributed by atoms with E-state index in [0.29, 0.717) is 17.3 Å². The van der Waals surface area contributed by atoms with Crippen molar-refractivity contribution in [2.24, 2.45) is 11.7 Å². The van der Waals surface area contributed by atoms with Gasteiger partial charge >= 0.3 is 0 Å². The molecule has 0 saturated heterocycles. The molecule has 1 amide bonds. The molecule has 3 nitrogen and oxygen atoms in total. The third-order valence-electron chi connectivity index (χ3n) is 2.99. The second kappa shape index (κ2) is 8.78. The van der Waals surface area contributed by atoms with E-state index in [9.17, 15) is 4.79 Å². The molecular weight excluding hydrogens is 268 g/mol. The quantitative estimate of drug-likeness (QED) is 0.792. The predicted molar refractivity (Wildman–Crippen MR) is 85.9 cm³/mol. The Morgan fingerprint density at radius 1 is 1.40 bits per heavy atom. The van der Waals surface area contributed by atoms with Crippen molar-refractivity contribution in [3.05, 3.63) is 21.9 Å². The zero-order valence-electron chi connectivity index (χ0n) is 12.5. The molecule has 3 N–H and O–H groups in total. The van der Waals surface area contributed by atoms with Gasteiger partial charge in [0.15, 0.2) is 0 Å². The van der Waals surface area contributed by atoms with Crippen LogP contribution in [0.5, 0.6) is 0 Å². The van der Waals surface area contributed by atoms with Gasteiger partial charge in [0.1, 0.15) is 4.88 Å². The summed E-state index contributed by atoms with van der Waals surface area (Å²) in [7, 11) is 0. The molecule has 1 heterocycles. The molecule has 0 aromatic carbocycles. The highest BCUT2D eigenvalue weighted by Crippen LogP contribution is 2.16. The lowest BCUT2D eigenvalue weighted by molar-refractivity contribution is 0.0941. The first-order valence-electron chi connectivity index (χ1n) is 7.11. The smallest absolute Gasteiger partial charge is 0.262 e. The van der Waals surface area contributed by atoms with Crippen LogP contribution in [0.4, 0.5) is 0 Å². The molecule has 0 aliphatic heterocycles. The standard InChI is InChI=1S/C16H24N2OS/c1-12(2)6-4-7-13(3)18-16(19)15-14(8-5-10-17)9-11-20-15/h9,11-13H,4,6-7,10,17H2,1-3H3,(H,18,19). The van der Waals surface area contributed by atoms with Crippen molar-refractivity contribution in [3.63, 3.8) is 0 Å². The molecule has 0 saturated carbocycles. The number of rotatable bonds is 6. The average molecular weight is 292 g/mol. The minimum atomic E-state index is -0.0293. The van der Waals surface area contributed by atoms with E-state index in [1.807, 2.05) is 11.4 Å². The lowest BCUT2D eigenvalue weighted by Gasteiger charge is -2.14. The van der Waals surface area contributed by atoms with Crippen molar-refractivity contribution in [3.8, 4) is 11.8 Å². The molecule has 0 bridgehead atoms. The van der Waals surface area contributed by atoms with Crippen LogP contribution < -0.4 is 11.1 Å². The Bertz CT molecular complexity index is 482. The summed E-state index contributed by atoms with van der Waals surface area (Å²) in [5.41, 5.74) is 6.13. The van der Waals surface area contributed by atoms with E-state index in [0.717, 1.165) is 18.4 Å². The number of hydrogen-bond donors (Lipinski definition) is 2. The Morgan fingerprint density at radius 2 is 2.15 bits per heavy atom. The molecule has 110 valence electrons. The molecule has 0 spiro atoms. The predicted octanol–water partition coefficient (Wildman–Crippen LogP) is 3.00. The van der Waals surface area contributed by atoms with Crippen molar-refractivity contribution < 1.29 is 4.79 Å². The second-order valence-electron chi connectivity index (χ2n) is 5.37. The molecule has 1 rings (SSSR count). The SMILES string of the molecule is CC(C)CCCC(C)NC(=O)c1sccc1C#CCN. The topological polar surface area (TPSA) is 55.1 Å². The largest absolute Gasteiger partial charge is 0.349 e. The van der Waals surface area contributed by atoms with E-state index < -0.39 is 0 Å². The summed E-state index contributed by atoms with van der Waals surface area (Å²) in [6.07, 6.45) is 3.36. The van der Waals surface area contributed by atoms with Crippen LogP contribution in [-0.2, 0) is 0 Å². The lowest BCUT2D eigenvalue weighted by atomic mass is 10.0. The van der Waals surface area contributed by atoms with E-state index in [-0.39, 0.29) is 11.9 Å². The minimum Gasteiger partial charge on any atom is -0.349 e. The number of amides is 1. The Balaban J connectivity index is 2.52. The van der Waals surface area contributed by atoms with E-state index in [1.165, 1.54) is 17.8 Å². The van der Waals surface area contributed by atoms with E-state index in [1.54, 1.807) is 0 Å². The van der Waals surface area contributed by atoms with Gasteiger partial charge in [-0.15, -0.1) is 11.3 Å². The maximum absolute atomic E-state index is 12.2. The van der Waals surface area contributed by atoms with Gasteiger partial charge in [-0.05, 0) is 30.7 Å². The van der Waals surface area contributed by atoms with Gasteiger partial charge in [0.25, 0.3) is 5.91 Å². The highest BCUT2D eigenvalue weighted by atomic mass is 32.1. The molecular formula is C16H24N2OS. The Hall–Kier alpha value is -1.31. The van der Waals surface area contributed by atoms with Gasteiger partial charge in [0.05, 0.1) is 6.54 Å². The summed E-state index contributed by atoms with van der Waals surface area (Å²) in [6.45, 7) is 6.80. The van der Waals surface area contributed by atoms with Crippen LogP contribution in [0.25, 0.3) is 0 Å². The van der Waals surface area contributed by atoms with Crippen molar-refractivity contribution in [1.29, 1.82) is 0 Å². The first-order chi connectivity index (χ1) is 9.54. The van der Waals surface area contributed by atoms with Gasteiger partial charge in [0, 0.05) is 11.6 Å². The van der Waals surface area contributed by atoms with Crippen LogP contribution >= 0.6 is 11.3 Å². The summed E-state index contributed by atoms with van der Waals surface area (Å²) in [4.78, 5) is 12.9. The summed E-state index contributed by atoms with van der Waals surface area (Å²) in [5, 5.41) is 4.93. The molecule has 20 heavy (non-hydrogen) atoms. The minimum absolute atomic E-state index is 0.0293. The fourth-order valence-electron chi connectivity index (χ4n) is 1.92. The van der Waals surface area contributed by atoms with Crippen LogP contribution in [0, 0.1) is 17.8 Å². The molecule has 1 aromatic rings. The van der Waals surface area contributed by atoms with Crippen molar-refractivity contribution >= 4 is 17.2 Å². The van der Waals surface area contributed by atoms with Crippen molar-refractivity contribution in [1.82, 2.24) is 5.32 Å². The van der Waals surface area contributed by atoms with Crippen LogP contribution in [-0.4, -0.2) is 18.5 Å². The van der Waals surface area contributed by atoms with Gasteiger partial charge < -0.3 is 11.1 Å². The average Bonchev–Trinajstić information content (AvgIpc) is 2.84. The van der Waals surface area contributed by atoms with E-state index >= 15 is 0 Å². The zero-order chi connectivity index (χ0) is 15.0. The fourth-order valence-corrected chi connectivity index (χ4v) is 2.68. The highest BCUT2D eigenvalue weighted by molar-refractivity contribution is 7.12. The first kappa shape index (κ1) is 16.7. The first-order valence-corrected chi connectivity index (χ1v) is 7.99. The number of nitrogens with two attached hydrogens (primary N) is 1. The normalized spacial score (nSPS) is 11.8. The summed E-state index contributed by atoms with van der Waals surface area (Å²) >= 11 is 1.42. The number of hydrogen-bond acceptors (Lipinski definition) is 3. The van der Waals surface area contributed by atoms with Gasteiger partial charge in [-0.1, -0.05) is 38.5 Å². The molecule has 1 atom stereocenters. The number of thiophene rings is 1. The number of carbonyl (C=O) groups is 1. The third kappa shape index (κ3) is 5.77. The summed E-state index contributed by atoms with van der Waals surface area (Å²) in [6, 6.07) is 2.06. The van der Waals surface area contributed by atoms with Crippen molar-refractivity contribution in [2.75, 3.05) is 6.54 Å². The molecule has 0 aliphatic rings. The van der Waals surface area contributed by atoms with Gasteiger partial charge in [-0.25, -0.2) is 0 Å². The van der Waals surface area contributed by atoms with Crippen LogP contribution in [0.2, 0.25) is 0 Å². The number of carbonyl (C=O) groups excluding carboxylic acids is 1. The molecule has 0 aliphatic carbocycles. The summed E-state index contributed by atoms with van der Waals surface area (Å²) < 4.78 is 0. The summed E-state index contributed by atoms with van der Waals surface area (Å²) in [5.74, 6) is 6.42. The van der Waals surface area contributed by atoms with E-state index in [4.69, 9.17) is 5.73 Å². The Kier molecular flexibility index (Phi) is 7.35. The molecule has 1 unspecified atom stereocenters. The Labute approximate surface area is 126 Å². The zero-order valence-corrected chi connectivity index (χ0v) is 13.3. The molecule has 0 radical (unpaired) electrons. The lowest BCUT2D eigenvalue weighted by Crippen LogP contribution is -2.32. The van der Waals surface area contributed by atoms with Gasteiger partial charge in [-0.3, -0.25) is 4.79 Å². The molecule has 4 heteroatoms. The van der Waals surface area contributed by atoms with E-state index in [2.05, 4.69) is 37.9 Å². The Morgan fingerprint density at radius 3 is 2.80 bits per heavy atom. The van der Waals surface area contributed by atoms with Crippen LogP contribution in [0.1, 0.15) is 55.3 Å². The van der Waals surface area contributed by atoms with Crippen LogP contribution in [0.15, 0.2) is 11.4 Å². The maximum Gasteiger partial charge on any atom is 0.262 e. The van der Waals surface area contributed by atoms with Gasteiger partial charge in [-0.2, -0.15) is 0 Å². The third-order valence-corrected chi connectivity index (χ3v) is 3.91. The number of nitrogens with one attached hydrogen (secondary N) is 1. The van der Waals surface area contributed by atoms with Gasteiger partial charge in [0.2, 0.25) is 0 Å². The highest BCUT2D eigenvalue weighted by Gasteiger charge is 2.14. The van der Waals surface area contributed by atoms with Crippen LogP contribution in [0.3, 0.4) is 0 Å². The fraction of sp³-hybridized carbons (Fsp3) is 0.562.